The zero-order chi connectivity index (χ0) is 14.5. The maximum Gasteiger partial charge on any atom is 0.164 e. The first-order valence-corrected chi connectivity index (χ1v) is 10.3. The number of nitrogens with zero attached hydrogens (tertiary/aromatic N) is 1. The lowest BCUT2D eigenvalue weighted by Gasteiger charge is -2.49. The molecule has 0 aromatic heterocycles. The molecule has 0 amide bonds. The quantitative estimate of drug-likeness (QED) is 0.775. The number of hydrogen-bond acceptors (Lipinski definition) is 5. The second-order valence-electron chi connectivity index (χ2n) is 5.48. The van der Waals surface area contributed by atoms with Gasteiger partial charge in [0, 0.05) is 36.4 Å². The average Bonchev–Trinajstić information content (AvgIpc) is 2.37. The van der Waals surface area contributed by atoms with Gasteiger partial charge < -0.3 is 5.73 Å². The Hall–Kier alpha value is 0.220. The molecule has 2 N–H and O–H groups in total. The van der Waals surface area contributed by atoms with Crippen molar-refractivity contribution in [3.05, 3.63) is 0 Å². The molecule has 0 saturated carbocycles. The van der Waals surface area contributed by atoms with Gasteiger partial charge in [-0.1, -0.05) is 26.7 Å². The summed E-state index contributed by atoms with van der Waals surface area (Å²) in [6.45, 7) is 5.67. The first-order chi connectivity index (χ1) is 8.91. The predicted octanol–water partition coefficient (Wildman–Crippen LogP) is 1.70. The summed E-state index contributed by atoms with van der Waals surface area (Å²) < 4.78 is 24.1. The summed E-state index contributed by atoms with van der Waals surface area (Å²) in [6, 6.07) is 0. The van der Waals surface area contributed by atoms with Gasteiger partial charge in [0.15, 0.2) is 9.84 Å². The van der Waals surface area contributed by atoms with Gasteiger partial charge in [0.25, 0.3) is 0 Å². The van der Waals surface area contributed by atoms with E-state index in [1.165, 1.54) is 6.26 Å². The highest BCUT2D eigenvalue weighted by Gasteiger charge is 2.43. The van der Waals surface area contributed by atoms with Gasteiger partial charge >= 0.3 is 0 Å². The molecule has 1 heterocycles. The molecule has 1 saturated heterocycles. The lowest BCUT2D eigenvalue weighted by atomic mass is 9.86. The molecule has 1 aliphatic rings. The molecule has 4 nitrogen and oxygen atoms in total. The van der Waals surface area contributed by atoms with Crippen LogP contribution in [0.4, 0.5) is 0 Å². The van der Waals surface area contributed by atoms with Crippen molar-refractivity contribution in [2.45, 2.75) is 50.4 Å². The second-order valence-corrected chi connectivity index (χ2v) is 8.83. The molecule has 0 spiro atoms. The molecule has 0 aromatic carbocycles. The van der Waals surface area contributed by atoms with Gasteiger partial charge in [0.2, 0.25) is 0 Å². The number of rotatable bonds is 7. The number of hydrogen-bond donors (Lipinski definition) is 1. The van der Waals surface area contributed by atoms with Gasteiger partial charge in [0.1, 0.15) is 5.37 Å². The lowest BCUT2D eigenvalue weighted by Crippen LogP contribution is -2.62. The molecular weight excluding hydrogens is 280 g/mol. The zero-order valence-electron chi connectivity index (χ0n) is 12.4. The Morgan fingerprint density at radius 3 is 2.32 bits per heavy atom. The summed E-state index contributed by atoms with van der Waals surface area (Å²) >= 11 is 1.73. The summed E-state index contributed by atoms with van der Waals surface area (Å²) in [5, 5.41) is -0.368. The predicted molar refractivity (Wildman–Crippen MR) is 84.3 cm³/mol. The number of sulfone groups is 1. The van der Waals surface area contributed by atoms with E-state index in [4.69, 9.17) is 5.73 Å². The molecule has 0 aromatic rings. The van der Waals surface area contributed by atoms with Crippen LogP contribution in [0, 0.1) is 0 Å². The van der Waals surface area contributed by atoms with Gasteiger partial charge in [0.05, 0.1) is 0 Å². The average molecular weight is 309 g/mol. The Morgan fingerprint density at radius 1 is 1.32 bits per heavy atom. The fourth-order valence-corrected chi connectivity index (χ4v) is 6.09. The van der Waals surface area contributed by atoms with Crippen molar-refractivity contribution in [3.8, 4) is 0 Å². The minimum atomic E-state index is -3.06. The summed E-state index contributed by atoms with van der Waals surface area (Å²) in [4.78, 5) is 2.20. The third-order valence-electron chi connectivity index (χ3n) is 4.00. The van der Waals surface area contributed by atoms with Crippen molar-refractivity contribution in [1.29, 1.82) is 0 Å². The fraction of sp³-hybridized carbons (Fsp3) is 1.00. The monoisotopic (exact) mass is 308 g/mol. The van der Waals surface area contributed by atoms with Crippen molar-refractivity contribution in [2.24, 2.45) is 5.73 Å². The van der Waals surface area contributed by atoms with Crippen LogP contribution in [-0.4, -0.2) is 55.1 Å². The molecule has 19 heavy (non-hydrogen) atoms. The Bertz CT molecular complexity index is 365. The number of thioether (sulfide) groups is 1. The van der Waals surface area contributed by atoms with E-state index >= 15 is 0 Å². The lowest BCUT2D eigenvalue weighted by molar-refractivity contribution is 0.0703. The second kappa shape index (κ2) is 7.29. The van der Waals surface area contributed by atoms with Crippen LogP contribution in [0.2, 0.25) is 0 Å². The smallest absolute Gasteiger partial charge is 0.164 e. The SMILES string of the molecule is CCCC(CN)(CCC)N1CCSCC1S(C)(=O)=O. The van der Waals surface area contributed by atoms with Gasteiger partial charge in [-0.15, -0.1) is 0 Å². The van der Waals surface area contributed by atoms with Crippen LogP contribution in [0.5, 0.6) is 0 Å². The molecule has 1 fully saturated rings. The van der Waals surface area contributed by atoms with E-state index in [9.17, 15) is 8.42 Å². The van der Waals surface area contributed by atoms with E-state index in [1.807, 2.05) is 0 Å². The molecule has 1 unspecified atom stereocenters. The highest BCUT2D eigenvalue weighted by molar-refractivity contribution is 8.00. The van der Waals surface area contributed by atoms with E-state index in [0.717, 1.165) is 38.0 Å². The van der Waals surface area contributed by atoms with Crippen molar-refractivity contribution < 1.29 is 8.42 Å². The molecule has 114 valence electrons. The minimum absolute atomic E-state index is 0.141. The van der Waals surface area contributed by atoms with Crippen molar-refractivity contribution >= 4 is 21.6 Å². The third-order valence-corrected chi connectivity index (χ3v) is 6.64. The van der Waals surface area contributed by atoms with Gasteiger partial charge in [-0.05, 0) is 12.8 Å². The largest absolute Gasteiger partial charge is 0.329 e. The Kier molecular flexibility index (Phi) is 6.63. The molecule has 0 radical (unpaired) electrons. The highest BCUT2D eigenvalue weighted by Crippen LogP contribution is 2.33. The van der Waals surface area contributed by atoms with Crippen LogP contribution < -0.4 is 5.73 Å². The van der Waals surface area contributed by atoms with Crippen LogP contribution in [0.1, 0.15) is 39.5 Å². The van der Waals surface area contributed by atoms with E-state index in [0.29, 0.717) is 12.3 Å². The van der Waals surface area contributed by atoms with Gasteiger partial charge in [-0.3, -0.25) is 4.90 Å². The standard InChI is InChI=1S/C13H28N2O2S2/c1-4-6-13(11-14,7-5-2)15-8-9-18-10-12(15)19(3,16)17/h12H,4-11,14H2,1-3H3. The molecule has 6 heteroatoms. The third kappa shape index (κ3) is 4.09. The summed E-state index contributed by atoms with van der Waals surface area (Å²) in [5.41, 5.74) is 5.93. The molecular formula is C13H28N2O2S2. The molecule has 1 rings (SSSR count). The van der Waals surface area contributed by atoms with E-state index in [2.05, 4.69) is 18.7 Å². The molecule has 1 aliphatic heterocycles. The molecule has 0 aliphatic carbocycles. The number of nitrogens with two attached hydrogens (primary N) is 1. The first kappa shape index (κ1) is 17.3. The Balaban J connectivity index is 3.09. The summed E-state index contributed by atoms with van der Waals surface area (Å²) in [7, 11) is -3.06. The van der Waals surface area contributed by atoms with Crippen molar-refractivity contribution in [1.82, 2.24) is 4.90 Å². The van der Waals surface area contributed by atoms with E-state index in [-0.39, 0.29) is 10.9 Å². The van der Waals surface area contributed by atoms with Crippen LogP contribution in [0.3, 0.4) is 0 Å². The van der Waals surface area contributed by atoms with Crippen LogP contribution in [0.25, 0.3) is 0 Å². The Morgan fingerprint density at radius 2 is 1.89 bits per heavy atom. The van der Waals surface area contributed by atoms with E-state index < -0.39 is 9.84 Å². The zero-order valence-corrected chi connectivity index (χ0v) is 14.0. The van der Waals surface area contributed by atoms with Crippen LogP contribution >= 0.6 is 11.8 Å². The van der Waals surface area contributed by atoms with Crippen molar-refractivity contribution in [3.63, 3.8) is 0 Å². The van der Waals surface area contributed by atoms with Gasteiger partial charge in [-0.25, -0.2) is 8.42 Å². The summed E-state index contributed by atoms with van der Waals surface area (Å²) in [5.74, 6) is 1.68. The normalized spacial score (nSPS) is 22.6. The summed E-state index contributed by atoms with van der Waals surface area (Å²) in [6.07, 6.45) is 5.40. The van der Waals surface area contributed by atoms with Gasteiger partial charge in [-0.2, -0.15) is 11.8 Å². The topological polar surface area (TPSA) is 63.4 Å². The minimum Gasteiger partial charge on any atom is -0.329 e. The fourth-order valence-electron chi connectivity index (χ4n) is 3.14. The van der Waals surface area contributed by atoms with Crippen LogP contribution in [0.15, 0.2) is 0 Å². The van der Waals surface area contributed by atoms with E-state index in [1.54, 1.807) is 11.8 Å². The highest BCUT2D eigenvalue weighted by atomic mass is 32.2. The van der Waals surface area contributed by atoms with Crippen LogP contribution in [-0.2, 0) is 9.84 Å². The maximum absolute atomic E-state index is 12.1. The molecule has 1 atom stereocenters. The first-order valence-electron chi connectivity index (χ1n) is 7.14. The maximum atomic E-state index is 12.1. The molecule has 0 bridgehead atoms. The Labute approximate surface area is 122 Å². The van der Waals surface area contributed by atoms with Crippen molar-refractivity contribution in [2.75, 3.05) is 30.9 Å².